The SMILES string of the molecule is CC(C)(C)C(=O)NC1=NN(c2c(Cl)cc(Cl)cc2Cl)C(=O)C1c1[nH]ncc1CCCO. The minimum absolute atomic E-state index is 0.00689. The van der Waals surface area contributed by atoms with Gasteiger partial charge in [0.2, 0.25) is 5.91 Å². The van der Waals surface area contributed by atoms with E-state index in [-0.39, 0.29) is 34.1 Å². The van der Waals surface area contributed by atoms with Gasteiger partial charge >= 0.3 is 0 Å². The molecule has 1 unspecified atom stereocenters. The summed E-state index contributed by atoms with van der Waals surface area (Å²) < 4.78 is 0. The molecule has 0 aliphatic carbocycles. The van der Waals surface area contributed by atoms with Crippen LogP contribution in [0.15, 0.2) is 23.4 Å². The number of halogens is 3. The molecule has 166 valence electrons. The summed E-state index contributed by atoms with van der Waals surface area (Å²) in [6.07, 6.45) is 2.58. The van der Waals surface area contributed by atoms with Crippen molar-refractivity contribution in [3.8, 4) is 0 Å². The maximum absolute atomic E-state index is 13.5. The van der Waals surface area contributed by atoms with Crippen molar-refractivity contribution in [3.63, 3.8) is 0 Å². The average Bonchev–Trinajstić information content (AvgIpc) is 3.23. The molecule has 0 fully saturated rings. The van der Waals surface area contributed by atoms with Gasteiger partial charge in [-0.25, -0.2) is 0 Å². The number of aliphatic hydroxyl groups is 1. The molecule has 8 nitrogen and oxygen atoms in total. The Kier molecular flexibility index (Phi) is 6.95. The number of aryl methyl sites for hydroxylation is 1. The number of rotatable bonds is 5. The number of aliphatic hydroxyl groups excluding tert-OH is 1. The van der Waals surface area contributed by atoms with Gasteiger partial charge in [0.15, 0.2) is 0 Å². The average molecular weight is 487 g/mol. The lowest BCUT2D eigenvalue weighted by atomic mass is 9.94. The van der Waals surface area contributed by atoms with Gasteiger partial charge in [-0.2, -0.15) is 15.2 Å². The van der Waals surface area contributed by atoms with E-state index in [1.165, 1.54) is 12.1 Å². The zero-order chi connectivity index (χ0) is 22.9. The van der Waals surface area contributed by atoms with Crippen LogP contribution in [0.1, 0.15) is 44.4 Å². The maximum Gasteiger partial charge on any atom is 0.264 e. The standard InChI is InChI=1S/C20H22Cl3N5O3/c1-20(2,3)19(31)25-17-14(15-10(5-4-6-29)9-24-26-15)18(30)28(27-17)16-12(22)7-11(21)8-13(16)23/h7-9,14,29H,4-6H2,1-3H3,(H,24,26)(H,25,27,31). The Morgan fingerprint density at radius 3 is 2.48 bits per heavy atom. The molecule has 0 saturated heterocycles. The normalized spacial score (nSPS) is 16.6. The number of aromatic nitrogens is 2. The molecular formula is C20H22Cl3N5O3. The lowest BCUT2D eigenvalue weighted by Crippen LogP contribution is -2.41. The molecule has 0 spiro atoms. The van der Waals surface area contributed by atoms with E-state index < -0.39 is 17.2 Å². The molecule has 1 aliphatic rings. The van der Waals surface area contributed by atoms with E-state index in [2.05, 4.69) is 20.6 Å². The van der Waals surface area contributed by atoms with Crippen LogP contribution in [-0.4, -0.2) is 39.6 Å². The van der Waals surface area contributed by atoms with E-state index in [1.807, 2.05) is 0 Å². The minimum atomic E-state index is -0.953. The zero-order valence-electron chi connectivity index (χ0n) is 17.2. The number of hydrogen-bond acceptors (Lipinski definition) is 5. The number of nitrogens with one attached hydrogen (secondary N) is 2. The number of carbonyl (C=O) groups excluding carboxylic acids is 2. The number of carbonyl (C=O) groups is 2. The van der Waals surface area contributed by atoms with Crippen molar-refractivity contribution in [2.75, 3.05) is 11.6 Å². The predicted octanol–water partition coefficient (Wildman–Crippen LogP) is 3.90. The van der Waals surface area contributed by atoms with E-state index in [9.17, 15) is 14.7 Å². The lowest BCUT2D eigenvalue weighted by Gasteiger charge is -2.19. The van der Waals surface area contributed by atoms with Crippen LogP contribution in [0.3, 0.4) is 0 Å². The van der Waals surface area contributed by atoms with E-state index in [0.717, 1.165) is 10.6 Å². The third-order valence-corrected chi connectivity index (χ3v) is 5.49. The van der Waals surface area contributed by atoms with Crippen LogP contribution in [0.5, 0.6) is 0 Å². The highest BCUT2D eigenvalue weighted by Crippen LogP contribution is 2.40. The topological polar surface area (TPSA) is 111 Å². The molecule has 0 saturated carbocycles. The van der Waals surface area contributed by atoms with E-state index in [4.69, 9.17) is 34.8 Å². The highest BCUT2D eigenvalue weighted by molar-refractivity contribution is 6.43. The van der Waals surface area contributed by atoms with Gasteiger partial charge in [-0.3, -0.25) is 14.7 Å². The van der Waals surface area contributed by atoms with E-state index in [0.29, 0.717) is 23.6 Å². The molecule has 1 aromatic heterocycles. The number of anilines is 1. The third kappa shape index (κ3) is 4.87. The van der Waals surface area contributed by atoms with Gasteiger partial charge in [-0.15, -0.1) is 0 Å². The predicted molar refractivity (Wildman–Crippen MR) is 121 cm³/mol. The second kappa shape index (κ2) is 9.16. The first-order valence-electron chi connectivity index (χ1n) is 9.56. The second-order valence-electron chi connectivity index (χ2n) is 8.13. The van der Waals surface area contributed by atoms with Crippen molar-refractivity contribution >= 4 is 58.1 Å². The van der Waals surface area contributed by atoms with E-state index in [1.54, 1.807) is 27.0 Å². The summed E-state index contributed by atoms with van der Waals surface area (Å²) in [5.41, 5.74) is 0.668. The molecule has 1 aromatic carbocycles. The van der Waals surface area contributed by atoms with Gasteiger partial charge < -0.3 is 10.4 Å². The summed E-state index contributed by atoms with van der Waals surface area (Å²) in [5.74, 6) is -1.60. The van der Waals surface area contributed by atoms with Crippen molar-refractivity contribution in [1.29, 1.82) is 0 Å². The number of hydrazone groups is 1. The fourth-order valence-electron chi connectivity index (χ4n) is 3.05. The molecule has 1 atom stereocenters. The molecular weight excluding hydrogens is 465 g/mol. The number of amides is 2. The first kappa shape index (κ1) is 23.5. The number of nitrogens with zero attached hydrogens (tertiary/aromatic N) is 3. The summed E-state index contributed by atoms with van der Waals surface area (Å²) in [6, 6.07) is 2.91. The smallest absolute Gasteiger partial charge is 0.264 e. The van der Waals surface area contributed by atoms with Crippen LogP contribution in [0.2, 0.25) is 15.1 Å². The third-order valence-electron chi connectivity index (χ3n) is 4.70. The highest BCUT2D eigenvalue weighted by Gasteiger charge is 2.43. The van der Waals surface area contributed by atoms with Crippen LogP contribution >= 0.6 is 34.8 Å². The molecule has 0 radical (unpaired) electrons. The van der Waals surface area contributed by atoms with Crippen LogP contribution in [0.25, 0.3) is 0 Å². The van der Waals surface area contributed by atoms with E-state index >= 15 is 0 Å². The Labute approximate surface area is 194 Å². The van der Waals surface area contributed by atoms with Gasteiger partial charge in [-0.05, 0) is 30.5 Å². The lowest BCUT2D eigenvalue weighted by molar-refractivity contribution is -0.127. The Bertz CT molecular complexity index is 1020. The van der Waals surface area contributed by atoms with Crippen molar-refractivity contribution in [2.45, 2.75) is 39.5 Å². The number of benzene rings is 1. The first-order chi connectivity index (χ1) is 14.5. The Balaban J connectivity index is 2.08. The van der Waals surface area contributed by atoms with Crippen LogP contribution in [0.4, 0.5) is 5.69 Å². The first-order valence-corrected chi connectivity index (χ1v) is 10.7. The molecule has 31 heavy (non-hydrogen) atoms. The van der Waals surface area contributed by atoms with Crippen LogP contribution in [-0.2, 0) is 16.0 Å². The molecule has 2 aromatic rings. The fourth-order valence-corrected chi connectivity index (χ4v) is 4.03. The second-order valence-corrected chi connectivity index (χ2v) is 9.38. The number of aromatic amines is 1. The van der Waals surface area contributed by atoms with Crippen LogP contribution in [0, 0.1) is 5.41 Å². The van der Waals surface area contributed by atoms with Crippen LogP contribution < -0.4 is 10.3 Å². The van der Waals surface area contributed by atoms with Crippen molar-refractivity contribution in [3.05, 3.63) is 44.7 Å². The molecule has 2 amide bonds. The van der Waals surface area contributed by atoms with Gasteiger partial charge in [-0.1, -0.05) is 55.6 Å². The molecule has 1 aliphatic heterocycles. The Morgan fingerprint density at radius 2 is 1.90 bits per heavy atom. The monoisotopic (exact) mass is 485 g/mol. The summed E-state index contributed by atoms with van der Waals surface area (Å²) in [7, 11) is 0. The highest BCUT2D eigenvalue weighted by atomic mass is 35.5. The zero-order valence-corrected chi connectivity index (χ0v) is 19.4. The molecule has 0 bridgehead atoms. The summed E-state index contributed by atoms with van der Waals surface area (Å²) >= 11 is 18.6. The van der Waals surface area contributed by atoms with Crippen molar-refractivity contribution < 1.29 is 14.7 Å². The Morgan fingerprint density at radius 1 is 1.26 bits per heavy atom. The largest absolute Gasteiger partial charge is 0.396 e. The quantitative estimate of drug-likeness (QED) is 0.595. The fraction of sp³-hybridized carbons (Fsp3) is 0.400. The van der Waals surface area contributed by atoms with Gasteiger partial charge in [0.05, 0.1) is 21.9 Å². The summed E-state index contributed by atoms with van der Waals surface area (Å²) in [5, 5.41) is 24.9. The van der Waals surface area contributed by atoms with Gasteiger partial charge in [0.1, 0.15) is 17.4 Å². The number of amidine groups is 1. The Hall–Kier alpha value is -2.13. The molecule has 3 N–H and O–H groups in total. The molecule has 3 rings (SSSR count). The van der Waals surface area contributed by atoms with Gasteiger partial charge in [0, 0.05) is 17.0 Å². The van der Waals surface area contributed by atoms with Gasteiger partial charge in [0.25, 0.3) is 5.91 Å². The number of hydrogen-bond donors (Lipinski definition) is 3. The maximum atomic E-state index is 13.5. The molecule has 11 heteroatoms. The van der Waals surface area contributed by atoms with Crippen molar-refractivity contribution in [2.24, 2.45) is 10.5 Å². The summed E-state index contributed by atoms with van der Waals surface area (Å²) in [4.78, 5) is 26.1. The minimum Gasteiger partial charge on any atom is -0.396 e. The number of H-pyrrole nitrogens is 1. The summed E-state index contributed by atoms with van der Waals surface area (Å²) in [6.45, 7) is 5.25. The van der Waals surface area contributed by atoms with Crippen molar-refractivity contribution in [1.82, 2.24) is 15.5 Å². The molecule has 2 heterocycles.